The molecule has 1 aromatic heterocycles. The molecule has 0 aliphatic carbocycles. The first-order valence-corrected chi connectivity index (χ1v) is 11.9. The average Bonchev–Trinajstić information content (AvgIpc) is 3.00. The van der Waals surface area contributed by atoms with Gasteiger partial charge in [0.1, 0.15) is 18.3 Å². The minimum absolute atomic E-state index is 0.0603. The summed E-state index contributed by atoms with van der Waals surface area (Å²) < 4.78 is 37.7. The number of ether oxygens (including phenoxy) is 1. The van der Waals surface area contributed by atoms with Crippen molar-refractivity contribution in [2.45, 2.75) is 37.5 Å². The van der Waals surface area contributed by atoms with Crippen molar-refractivity contribution >= 4 is 16.1 Å². The fourth-order valence-corrected chi connectivity index (χ4v) is 4.42. The van der Waals surface area contributed by atoms with Crippen molar-refractivity contribution in [1.82, 2.24) is 9.13 Å². The molecular weight excluding hydrogens is 470 g/mol. The van der Waals surface area contributed by atoms with Crippen LogP contribution in [0.1, 0.15) is 11.8 Å². The number of phosphoric ester groups is 1. The van der Waals surface area contributed by atoms with Gasteiger partial charge < -0.3 is 14.9 Å². The van der Waals surface area contributed by atoms with Crippen molar-refractivity contribution in [3.63, 3.8) is 0 Å². The van der Waals surface area contributed by atoms with Gasteiger partial charge in [0.05, 0.1) is 6.61 Å². The van der Waals surface area contributed by atoms with Gasteiger partial charge in [-0.2, -0.15) is 0 Å². The van der Waals surface area contributed by atoms with E-state index in [9.17, 15) is 33.8 Å². The van der Waals surface area contributed by atoms with Crippen LogP contribution in [0.15, 0.2) is 52.2 Å². The summed E-state index contributed by atoms with van der Waals surface area (Å²) in [5.74, 6) is 0. The zero-order valence-corrected chi connectivity index (χ0v) is 18.2. The second kappa shape index (κ2) is 10.3. The molecule has 32 heavy (non-hydrogen) atoms. The van der Waals surface area contributed by atoms with Gasteiger partial charge in [-0.25, -0.2) is 9.36 Å². The first-order chi connectivity index (χ1) is 15.1. The van der Waals surface area contributed by atoms with Crippen LogP contribution in [0, 0.1) is 0 Å². The lowest BCUT2D eigenvalue weighted by Gasteiger charge is -2.18. The van der Waals surface area contributed by atoms with Crippen LogP contribution >= 0.6 is 16.1 Å². The summed E-state index contributed by atoms with van der Waals surface area (Å²) in [5.41, 5.74) is -0.453. The number of aryl methyl sites for hydroxylation is 1. The highest BCUT2D eigenvalue weighted by Crippen LogP contribution is 2.51. The Morgan fingerprint density at radius 2 is 1.81 bits per heavy atom. The highest BCUT2D eigenvalue weighted by atomic mass is 31.2. The molecule has 0 radical (unpaired) electrons. The predicted molar refractivity (Wildman–Crippen MR) is 108 cm³/mol. The first-order valence-electron chi connectivity index (χ1n) is 9.30. The van der Waals surface area contributed by atoms with Gasteiger partial charge in [0, 0.05) is 23.4 Å². The SMILES string of the molecule is O=c1ccn(C2OC(COP(=O)(O)O[P+](=O)O)[C@H](O)C2O)c(=O)n1CCc1ccccc1. The summed E-state index contributed by atoms with van der Waals surface area (Å²) in [6.07, 6.45) is -4.60. The molecule has 1 aliphatic heterocycles. The summed E-state index contributed by atoms with van der Waals surface area (Å²) in [4.78, 5) is 42.9. The lowest BCUT2D eigenvalue weighted by atomic mass is 10.1. The number of benzene rings is 1. The van der Waals surface area contributed by atoms with E-state index >= 15 is 0 Å². The molecule has 4 N–H and O–H groups in total. The van der Waals surface area contributed by atoms with E-state index in [1.165, 1.54) is 0 Å². The van der Waals surface area contributed by atoms with Gasteiger partial charge in [-0.05, 0) is 16.3 Å². The Balaban J connectivity index is 1.76. The second-order valence-electron chi connectivity index (χ2n) is 6.86. The van der Waals surface area contributed by atoms with Gasteiger partial charge >= 0.3 is 21.8 Å². The Hall–Kier alpha value is -2.05. The molecular formula is C17H21N2O11P2+. The summed E-state index contributed by atoms with van der Waals surface area (Å²) >= 11 is 0. The van der Waals surface area contributed by atoms with Crippen molar-refractivity contribution < 1.29 is 42.7 Å². The molecule has 3 rings (SSSR count). The topological polar surface area (TPSA) is 187 Å². The Labute approximate surface area is 181 Å². The molecule has 1 aromatic carbocycles. The third-order valence-electron chi connectivity index (χ3n) is 4.75. The molecule has 1 saturated heterocycles. The zero-order valence-electron chi connectivity index (χ0n) is 16.4. The first kappa shape index (κ1) is 24.6. The monoisotopic (exact) mass is 491 g/mol. The number of phosphoric acid groups is 1. The van der Waals surface area contributed by atoms with Crippen molar-refractivity contribution in [2.75, 3.05) is 6.61 Å². The fraction of sp³-hybridized carbons (Fsp3) is 0.412. The van der Waals surface area contributed by atoms with Crippen LogP contribution in [0.5, 0.6) is 0 Å². The van der Waals surface area contributed by atoms with Gasteiger partial charge in [0.25, 0.3) is 5.56 Å². The van der Waals surface area contributed by atoms with E-state index in [1.807, 2.05) is 30.3 Å². The largest absolute Gasteiger partial charge is 0.705 e. The summed E-state index contributed by atoms with van der Waals surface area (Å²) in [6, 6.07) is 10.3. The van der Waals surface area contributed by atoms with E-state index in [2.05, 4.69) is 8.83 Å². The van der Waals surface area contributed by atoms with Crippen LogP contribution in [-0.2, 0) is 35.7 Å². The van der Waals surface area contributed by atoms with Gasteiger partial charge in [-0.15, -0.1) is 4.89 Å². The molecule has 0 saturated carbocycles. The van der Waals surface area contributed by atoms with Crippen molar-refractivity contribution in [1.29, 1.82) is 0 Å². The molecule has 0 bridgehead atoms. The average molecular weight is 491 g/mol. The van der Waals surface area contributed by atoms with E-state index in [-0.39, 0.29) is 6.54 Å². The van der Waals surface area contributed by atoms with Crippen LogP contribution in [0.4, 0.5) is 0 Å². The molecule has 2 heterocycles. The third kappa shape index (κ3) is 5.84. The lowest BCUT2D eigenvalue weighted by molar-refractivity contribution is -0.0546. The molecule has 5 unspecified atom stereocenters. The van der Waals surface area contributed by atoms with Crippen LogP contribution in [0.2, 0.25) is 0 Å². The minimum Gasteiger partial charge on any atom is -0.387 e. The number of aromatic nitrogens is 2. The Morgan fingerprint density at radius 1 is 1.12 bits per heavy atom. The molecule has 174 valence electrons. The van der Waals surface area contributed by atoms with Crippen molar-refractivity contribution in [2.24, 2.45) is 0 Å². The van der Waals surface area contributed by atoms with Crippen LogP contribution in [0.3, 0.4) is 0 Å². The Kier molecular flexibility index (Phi) is 7.88. The number of aliphatic hydroxyl groups is 2. The molecule has 0 amide bonds. The normalized spacial score (nSPS) is 25.4. The summed E-state index contributed by atoms with van der Waals surface area (Å²) in [7, 11) is -8.35. The molecule has 6 atom stereocenters. The standard InChI is InChI=1S/C17H20N2O11P2/c20-13-7-9-19(17(23)18(13)8-6-11-4-2-1-3-5-11)16-15(22)14(21)12(29-16)10-28-32(26,27)30-31(24)25/h1-5,7,9,12,14-16,21-22H,6,8,10H2,(H-,24,25,26,27)/p+1/t12?,14-,15?,16?/m0/s1. The number of nitrogens with zero attached hydrogens (tertiary/aromatic N) is 2. The van der Waals surface area contributed by atoms with E-state index in [0.717, 1.165) is 27.0 Å². The smallest absolute Gasteiger partial charge is 0.387 e. The third-order valence-corrected chi connectivity index (χ3v) is 6.61. The van der Waals surface area contributed by atoms with Gasteiger partial charge in [-0.3, -0.25) is 23.3 Å². The zero-order chi connectivity index (χ0) is 23.5. The number of aliphatic hydroxyl groups excluding tert-OH is 2. The molecule has 13 nitrogen and oxygen atoms in total. The second-order valence-corrected chi connectivity index (χ2v) is 9.19. The molecule has 1 fully saturated rings. The number of hydrogen-bond acceptors (Lipinski definition) is 9. The number of hydrogen-bond donors (Lipinski definition) is 4. The summed E-state index contributed by atoms with van der Waals surface area (Å²) in [6.45, 7) is -0.737. The van der Waals surface area contributed by atoms with Gasteiger partial charge in [0.15, 0.2) is 6.23 Å². The van der Waals surface area contributed by atoms with Crippen LogP contribution < -0.4 is 11.2 Å². The molecule has 15 heteroatoms. The van der Waals surface area contributed by atoms with Gasteiger partial charge in [0.2, 0.25) is 0 Å². The Bertz CT molecular complexity index is 1120. The van der Waals surface area contributed by atoms with E-state index in [1.54, 1.807) is 0 Å². The highest BCUT2D eigenvalue weighted by Gasteiger charge is 2.46. The molecule has 0 spiro atoms. The van der Waals surface area contributed by atoms with Crippen molar-refractivity contribution in [3.8, 4) is 0 Å². The maximum absolute atomic E-state index is 12.9. The van der Waals surface area contributed by atoms with Crippen LogP contribution in [0.25, 0.3) is 0 Å². The number of rotatable bonds is 9. The quantitative estimate of drug-likeness (QED) is 0.336. The molecule has 2 aromatic rings. The Morgan fingerprint density at radius 3 is 2.47 bits per heavy atom. The predicted octanol–water partition coefficient (Wildman–Crippen LogP) is -0.345. The fourth-order valence-electron chi connectivity index (χ4n) is 3.19. The van der Waals surface area contributed by atoms with E-state index in [4.69, 9.17) is 9.63 Å². The molecule has 1 aliphatic rings. The van der Waals surface area contributed by atoms with Crippen LogP contribution in [-0.4, -0.2) is 54.1 Å². The minimum atomic E-state index is -4.92. The van der Waals surface area contributed by atoms with Gasteiger partial charge in [-0.1, -0.05) is 30.3 Å². The lowest BCUT2D eigenvalue weighted by Crippen LogP contribution is -2.43. The van der Waals surface area contributed by atoms with Crippen molar-refractivity contribution in [3.05, 3.63) is 69.0 Å². The maximum Gasteiger partial charge on any atom is 0.705 e. The van der Waals surface area contributed by atoms with E-state index < -0.39 is 58.5 Å². The summed E-state index contributed by atoms with van der Waals surface area (Å²) in [5, 5.41) is 20.5. The maximum atomic E-state index is 12.9. The highest BCUT2D eigenvalue weighted by molar-refractivity contribution is 7.55. The van der Waals surface area contributed by atoms with E-state index in [0.29, 0.717) is 6.42 Å².